The smallest absolute Gasteiger partial charge is 0.247 e. The molecule has 0 saturated heterocycles. The van der Waals surface area contributed by atoms with Gasteiger partial charge in [-0.3, -0.25) is 0 Å². The molecule has 104 valence electrons. The van der Waals surface area contributed by atoms with Gasteiger partial charge < -0.3 is 0 Å². The third kappa shape index (κ3) is 2.65. The van der Waals surface area contributed by atoms with E-state index in [-0.39, 0.29) is 10.8 Å². The number of hydrogen-bond donors (Lipinski definition) is 1. The number of nitrogens with zero attached hydrogens (tertiary/aromatic N) is 2. The Labute approximate surface area is 118 Å². The molecule has 0 saturated carbocycles. The Morgan fingerprint density at radius 1 is 1.00 bits per heavy atom. The van der Waals surface area contributed by atoms with E-state index in [0.717, 1.165) is 24.8 Å². The van der Waals surface area contributed by atoms with Gasteiger partial charge in [0, 0.05) is 12.4 Å². The molecule has 0 unspecified atom stereocenters. The van der Waals surface area contributed by atoms with Crippen molar-refractivity contribution in [1.82, 2.24) is 9.97 Å². The van der Waals surface area contributed by atoms with E-state index in [4.69, 9.17) is 0 Å². The monoisotopic (exact) mass is 289 g/mol. The maximum Gasteiger partial charge on any atom is 0.264 e. The molecular formula is C14H15N3O2S. The van der Waals surface area contributed by atoms with Crippen LogP contribution in [0, 0.1) is 0 Å². The maximum absolute atomic E-state index is 12.3. The highest BCUT2D eigenvalue weighted by atomic mass is 32.2. The van der Waals surface area contributed by atoms with Crippen LogP contribution in [0.15, 0.2) is 41.6 Å². The highest BCUT2D eigenvalue weighted by Gasteiger charge is 2.18. The average Bonchev–Trinajstić information content (AvgIpc) is 2.47. The number of aryl methyl sites for hydroxylation is 2. The number of rotatable bonds is 3. The first-order valence-corrected chi connectivity index (χ1v) is 8.05. The van der Waals surface area contributed by atoms with Gasteiger partial charge in [0.15, 0.2) is 0 Å². The molecule has 0 aliphatic heterocycles. The fourth-order valence-corrected chi connectivity index (χ4v) is 3.42. The Bertz CT molecular complexity index is 714. The molecule has 5 nitrogen and oxygen atoms in total. The van der Waals surface area contributed by atoms with Crippen molar-refractivity contribution < 1.29 is 8.42 Å². The van der Waals surface area contributed by atoms with E-state index >= 15 is 0 Å². The van der Waals surface area contributed by atoms with Crippen LogP contribution < -0.4 is 4.72 Å². The van der Waals surface area contributed by atoms with Crippen LogP contribution in [-0.2, 0) is 22.9 Å². The van der Waals surface area contributed by atoms with Crippen LogP contribution in [0.1, 0.15) is 24.0 Å². The van der Waals surface area contributed by atoms with Crippen LogP contribution in [-0.4, -0.2) is 18.4 Å². The predicted octanol–water partition coefficient (Wildman–Crippen LogP) is 2.16. The summed E-state index contributed by atoms with van der Waals surface area (Å²) in [5.41, 5.74) is 2.39. The molecular weight excluding hydrogens is 274 g/mol. The molecule has 20 heavy (non-hydrogen) atoms. The summed E-state index contributed by atoms with van der Waals surface area (Å²) in [6.07, 6.45) is 7.27. The van der Waals surface area contributed by atoms with Crippen molar-refractivity contribution in [3.8, 4) is 0 Å². The first-order valence-electron chi connectivity index (χ1n) is 6.57. The summed E-state index contributed by atoms with van der Waals surface area (Å²) in [6, 6.07) is 6.96. The van der Waals surface area contributed by atoms with E-state index < -0.39 is 10.0 Å². The number of nitrogens with one attached hydrogen (secondary N) is 1. The normalized spacial score (nSPS) is 14.6. The minimum Gasteiger partial charge on any atom is -0.247 e. The number of anilines is 1. The summed E-state index contributed by atoms with van der Waals surface area (Å²) in [4.78, 5) is 8.02. The largest absolute Gasteiger partial charge is 0.264 e. The van der Waals surface area contributed by atoms with Gasteiger partial charge in [0.2, 0.25) is 5.95 Å². The lowest BCUT2D eigenvalue weighted by atomic mass is 9.92. The second-order valence-electron chi connectivity index (χ2n) is 4.82. The minimum atomic E-state index is -3.62. The Morgan fingerprint density at radius 2 is 1.70 bits per heavy atom. The van der Waals surface area contributed by atoms with E-state index in [1.807, 2.05) is 6.07 Å². The van der Waals surface area contributed by atoms with Gasteiger partial charge in [-0.25, -0.2) is 23.1 Å². The van der Waals surface area contributed by atoms with Crippen molar-refractivity contribution in [2.75, 3.05) is 4.72 Å². The summed E-state index contributed by atoms with van der Waals surface area (Å²) in [5, 5.41) is 0. The molecule has 0 bridgehead atoms. The first-order chi connectivity index (χ1) is 9.65. The molecule has 0 radical (unpaired) electrons. The Balaban J connectivity index is 1.91. The lowest BCUT2D eigenvalue weighted by Gasteiger charge is -2.16. The molecule has 1 aliphatic rings. The van der Waals surface area contributed by atoms with Crippen molar-refractivity contribution in [2.45, 2.75) is 30.6 Å². The molecule has 3 rings (SSSR count). The fourth-order valence-electron chi connectivity index (χ4n) is 2.41. The number of sulfonamides is 1. The summed E-state index contributed by atoms with van der Waals surface area (Å²) in [5.74, 6) is 0.0882. The van der Waals surface area contributed by atoms with Gasteiger partial charge in [-0.05, 0) is 55.0 Å². The lowest BCUT2D eigenvalue weighted by Crippen LogP contribution is -2.16. The van der Waals surface area contributed by atoms with Crippen molar-refractivity contribution in [2.24, 2.45) is 0 Å². The summed E-state index contributed by atoms with van der Waals surface area (Å²) in [6.45, 7) is 0. The number of hydrogen-bond acceptors (Lipinski definition) is 4. The maximum atomic E-state index is 12.3. The van der Waals surface area contributed by atoms with Crippen molar-refractivity contribution in [1.29, 1.82) is 0 Å². The van der Waals surface area contributed by atoms with Gasteiger partial charge >= 0.3 is 0 Å². The van der Waals surface area contributed by atoms with Crippen LogP contribution in [0.3, 0.4) is 0 Å². The van der Waals surface area contributed by atoms with Crippen LogP contribution in [0.5, 0.6) is 0 Å². The molecule has 0 amide bonds. The molecule has 1 aliphatic carbocycles. The number of benzene rings is 1. The topological polar surface area (TPSA) is 72.0 Å². The highest BCUT2D eigenvalue weighted by Crippen LogP contribution is 2.24. The zero-order valence-corrected chi connectivity index (χ0v) is 11.7. The van der Waals surface area contributed by atoms with Crippen LogP contribution >= 0.6 is 0 Å². The fraction of sp³-hybridized carbons (Fsp3) is 0.286. The molecule has 0 atom stereocenters. The number of aromatic nitrogens is 2. The van der Waals surface area contributed by atoms with E-state index in [2.05, 4.69) is 14.7 Å². The zero-order chi connectivity index (χ0) is 14.0. The molecule has 1 aromatic carbocycles. The SMILES string of the molecule is O=S(=O)(Nc1ncccn1)c1ccc2c(c1)CCCC2. The minimum absolute atomic E-state index is 0.0882. The standard InChI is InChI=1S/C14H15N3O2S/c18-20(19,17-14-15-8-3-9-16-14)13-7-6-11-4-1-2-5-12(11)10-13/h3,6-10H,1-2,4-5H2,(H,15,16,17). The molecule has 0 fully saturated rings. The van der Waals surface area contributed by atoms with Crippen molar-refractivity contribution >= 4 is 16.0 Å². The van der Waals surface area contributed by atoms with E-state index in [0.29, 0.717) is 0 Å². The molecule has 1 heterocycles. The van der Waals surface area contributed by atoms with Gasteiger partial charge in [0.1, 0.15) is 0 Å². The second-order valence-corrected chi connectivity index (χ2v) is 6.50. The Morgan fingerprint density at radius 3 is 2.45 bits per heavy atom. The van der Waals surface area contributed by atoms with Crippen LogP contribution in [0.4, 0.5) is 5.95 Å². The highest BCUT2D eigenvalue weighted by molar-refractivity contribution is 7.92. The molecule has 1 aromatic heterocycles. The molecule has 1 N–H and O–H groups in total. The van der Waals surface area contributed by atoms with Gasteiger partial charge in [-0.2, -0.15) is 0 Å². The average molecular weight is 289 g/mol. The third-order valence-electron chi connectivity index (χ3n) is 3.42. The van der Waals surface area contributed by atoms with E-state index in [1.54, 1.807) is 18.2 Å². The molecule has 6 heteroatoms. The van der Waals surface area contributed by atoms with E-state index in [9.17, 15) is 8.42 Å². The van der Waals surface area contributed by atoms with Gasteiger partial charge in [0.25, 0.3) is 10.0 Å². The summed E-state index contributed by atoms with van der Waals surface area (Å²) in [7, 11) is -3.62. The van der Waals surface area contributed by atoms with Gasteiger partial charge in [-0.1, -0.05) is 6.07 Å². The van der Waals surface area contributed by atoms with Crippen molar-refractivity contribution in [3.63, 3.8) is 0 Å². The number of fused-ring (bicyclic) bond motifs is 1. The Hall–Kier alpha value is -1.95. The quantitative estimate of drug-likeness (QED) is 0.939. The molecule has 0 spiro atoms. The predicted molar refractivity (Wildman–Crippen MR) is 75.9 cm³/mol. The zero-order valence-electron chi connectivity index (χ0n) is 10.9. The van der Waals surface area contributed by atoms with Crippen LogP contribution in [0.2, 0.25) is 0 Å². The second kappa shape index (κ2) is 5.20. The van der Waals surface area contributed by atoms with E-state index in [1.165, 1.54) is 24.4 Å². The Kier molecular flexibility index (Phi) is 3.40. The van der Waals surface area contributed by atoms with Crippen LogP contribution in [0.25, 0.3) is 0 Å². The van der Waals surface area contributed by atoms with Gasteiger partial charge in [0.05, 0.1) is 4.90 Å². The first kappa shape index (κ1) is 13.1. The van der Waals surface area contributed by atoms with Gasteiger partial charge in [-0.15, -0.1) is 0 Å². The summed E-state index contributed by atoms with van der Waals surface area (Å²) >= 11 is 0. The third-order valence-corrected chi connectivity index (χ3v) is 4.75. The summed E-state index contributed by atoms with van der Waals surface area (Å²) < 4.78 is 27.0. The molecule has 2 aromatic rings. The van der Waals surface area contributed by atoms with Crippen molar-refractivity contribution in [3.05, 3.63) is 47.8 Å². The lowest BCUT2D eigenvalue weighted by molar-refractivity contribution is 0.600.